The third kappa shape index (κ3) is 4.20. The van der Waals surface area contributed by atoms with Crippen molar-refractivity contribution >= 4 is 17.5 Å². The van der Waals surface area contributed by atoms with Gasteiger partial charge in [-0.3, -0.25) is 5.10 Å². The number of nitrogens with zero attached hydrogens (tertiary/aromatic N) is 3. The number of nitrogens with one attached hydrogen (secondary N) is 2. The van der Waals surface area contributed by atoms with Gasteiger partial charge >= 0.3 is 0 Å². The molecule has 0 amide bonds. The summed E-state index contributed by atoms with van der Waals surface area (Å²) in [5.41, 5.74) is 0.858. The maximum atomic E-state index is 14.4. The smallest absolute Gasteiger partial charge is 0.167 e. The van der Waals surface area contributed by atoms with Crippen LogP contribution in [0, 0.1) is 11.6 Å². The second kappa shape index (κ2) is 8.27. The summed E-state index contributed by atoms with van der Waals surface area (Å²) in [6.45, 7) is 5.01. The van der Waals surface area contributed by atoms with Crippen LogP contribution in [0.15, 0.2) is 36.4 Å². The van der Waals surface area contributed by atoms with E-state index in [1.807, 2.05) is 18.7 Å². The summed E-state index contributed by atoms with van der Waals surface area (Å²) in [7, 11) is 1.48. The normalized spacial score (nSPS) is 19.0. The third-order valence-corrected chi connectivity index (χ3v) is 4.85. The van der Waals surface area contributed by atoms with Crippen LogP contribution in [-0.4, -0.2) is 47.6 Å². The Balaban J connectivity index is 1.54. The first-order chi connectivity index (χ1) is 14.4. The van der Waals surface area contributed by atoms with Gasteiger partial charge in [0, 0.05) is 30.8 Å². The number of aromatic amines is 1. The molecule has 3 aromatic rings. The zero-order valence-corrected chi connectivity index (χ0v) is 16.9. The molecule has 1 aliphatic heterocycles. The van der Waals surface area contributed by atoms with Crippen molar-refractivity contribution in [2.45, 2.75) is 26.1 Å². The molecule has 0 saturated carbocycles. The number of anilines is 3. The van der Waals surface area contributed by atoms with Gasteiger partial charge in [0.25, 0.3) is 0 Å². The first-order valence-electron chi connectivity index (χ1n) is 9.66. The number of pyridine rings is 1. The number of rotatable bonds is 5. The van der Waals surface area contributed by atoms with Crippen molar-refractivity contribution in [2.24, 2.45) is 0 Å². The van der Waals surface area contributed by atoms with E-state index in [9.17, 15) is 8.78 Å². The molecule has 0 unspecified atom stereocenters. The topological polar surface area (TPSA) is 75.3 Å². The van der Waals surface area contributed by atoms with Crippen molar-refractivity contribution in [3.05, 3.63) is 48.0 Å². The van der Waals surface area contributed by atoms with Gasteiger partial charge in [-0.15, -0.1) is 0 Å². The van der Waals surface area contributed by atoms with Gasteiger partial charge in [0.2, 0.25) is 0 Å². The second-order valence-electron chi connectivity index (χ2n) is 7.30. The molecule has 4 rings (SSSR count). The van der Waals surface area contributed by atoms with Gasteiger partial charge in [0.05, 0.1) is 25.0 Å². The van der Waals surface area contributed by atoms with E-state index in [-0.39, 0.29) is 18.0 Å². The van der Waals surface area contributed by atoms with E-state index in [1.165, 1.54) is 25.3 Å². The Morgan fingerprint density at radius 1 is 1.07 bits per heavy atom. The molecule has 1 aliphatic rings. The molecule has 0 radical (unpaired) electrons. The first-order valence-corrected chi connectivity index (χ1v) is 9.66. The Hall–Kier alpha value is -3.20. The van der Waals surface area contributed by atoms with Crippen LogP contribution in [0.25, 0.3) is 11.3 Å². The van der Waals surface area contributed by atoms with Gasteiger partial charge < -0.3 is 19.7 Å². The highest BCUT2D eigenvalue weighted by Gasteiger charge is 2.25. The van der Waals surface area contributed by atoms with Crippen LogP contribution in [0.5, 0.6) is 5.75 Å². The Labute approximate surface area is 173 Å². The van der Waals surface area contributed by atoms with Crippen LogP contribution >= 0.6 is 0 Å². The fourth-order valence-corrected chi connectivity index (χ4v) is 3.57. The Kier molecular flexibility index (Phi) is 5.54. The molecule has 1 aromatic carbocycles. The van der Waals surface area contributed by atoms with E-state index in [0.29, 0.717) is 41.7 Å². The highest BCUT2D eigenvalue weighted by atomic mass is 19.1. The Bertz CT molecular complexity index is 1030. The summed E-state index contributed by atoms with van der Waals surface area (Å²) in [4.78, 5) is 6.30. The molecule has 0 bridgehead atoms. The van der Waals surface area contributed by atoms with Gasteiger partial charge in [0.1, 0.15) is 17.4 Å². The van der Waals surface area contributed by atoms with Crippen LogP contribution in [0.4, 0.5) is 26.2 Å². The molecular weight excluding hydrogens is 392 g/mol. The molecule has 0 spiro atoms. The van der Waals surface area contributed by atoms with Gasteiger partial charge in [-0.25, -0.2) is 13.8 Å². The van der Waals surface area contributed by atoms with Crippen molar-refractivity contribution in [1.29, 1.82) is 0 Å². The SMILES string of the molecule is COc1ccc(-c2cc(Nc3ccc(F)c(N4C[C@@H](C)O[C@@H](C)C4)n3)n[nH]2)c(F)c1. The van der Waals surface area contributed by atoms with E-state index in [4.69, 9.17) is 9.47 Å². The average Bonchev–Trinajstić information content (AvgIpc) is 3.16. The lowest BCUT2D eigenvalue weighted by atomic mass is 10.1. The lowest BCUT2D eigenvalue weighted by molar-refractivity contribution is -0.00564. The minimum absolute atomic E-state index is 0.0140. The number of ether oxygens (including phenoxy) is 2. The number of H-pyrrole nitrogens is 1. The van der Waals surface area contributed by atoms with Crippen LogP contribution < -0.4 is 15.0 Å². The van der Waals surface area contributed by atoms with Crippen LogP contribution in [0.2, 0.25) is 0 Å². The largest absolute Gasteiger partial charge is 0.497 e. The van der Waals surface area contributed by atoms with E-state index in [0.717, 1.165) is 0 Å². The number of hydrogen-bond acceptors (Lipinski definition) is 6. The summed E-state index contributed by atoms with van der Waals surface area (Å²) in [6.07, 6.45) is -0.0280. The predicted molar refractivity (Wildman–Crippen MR) is 110 cm³/mol. The van der Waals surface area contributed by atoms with Gasteiger partial charge in [0.15, 0.2) is 17.5 Å². The lowest BCUT2D eigenvalue weighted by Crippen LogP contribution is -2.46. The van der Waals surface area contributed by atoms with Crippen molar-refractivity contribution in [3.63, 3.8) is 0 Å². The van der Waals surface area contributed by atoms with Crippen molar-refractivity contribution < 1.29 is 18.3 Å². The molecule has 7 nitrogen and oxygen atoms in total. The van der Waals surface area contributed by atoms with Gasteiger partial charge in [-0.2, -0.15) is 5.10 Å². The molecule has 1 saturated heterocycles. The average molecular weight is 415 g/mol. The molecular formula is C21H23F2N5O2. The number of halogens is 2. The monoisotopic (exact) mass is 415 g/mol. The molecule has 30 heavy (non-hydrogen) atoms. The number of morpholine rings is 1. The minimum atomic E-state index is -0.428. The Morgan fingerprint density at radius 3 is 2.53 bits per heavy atom. The molecule has 2 aromatic heterocycles. The highest BCUT2D eigenvalue weighted by Crippen LogP contribution is 2.28. The molecule has 9 heteroatoms. The zero-order valence-electron chi connectivity index (χ0n) is 16.9. The summed E-state index contributed by atoms with van der Waals surface area (Å²) < 4.78 is 39.5. The molecule has 158 valence electrons. The highest BCUT2D eigenvalue weighted by molar-refractivity contribution is 5.66. The summed E-state index contributed by atoms with van der Waals surface area (Å²) in [5.74, 6) is 0.746. The zero-order chi connectivity index (χ0) is 21.3. The predicted octanol–water partition coefficient (Wildman–Crippen LogP) is 4.12. The van der Waals surface area contributed by atoms with E-state index in [2.05, 4.69) is 20.5 Å². The minimum Gasteiger partial charge on any atom is -0.497 e. The van der Waals surface area contributed by atoms with Crippen molar-refractivity contribution in [1.82, 2.24) is 15.2 Å². The van der Waals surface area contributed by atoms with E-state index >= 15 is 0 Å². The molecule has 2 N–H and O–H groups in total. The van der Waals surface area contributed by atoms with Crippen molar-refractivity contribution in [2.75, 3.05) is 30.4 Å². The third-order valence-electron chi connectivity index (χ3n) is 4.85. The first kappa shape index (κ1) is 20.1. The van der Waals surface area contributed by atoms with E-state index < -0.39 is 11.6 Å². The quantitative estimate of drug-likeness (QED) is 0.653. The van der Waals surface area contributed by atoms with Gasteiger partial charge in [-0.1, -0.05) is 0 Å². The second-order valence-corrected chi connectivity index (χ2v) is 7.30. The molecule has 2 atom stereocenters. The maximum Gasteiger partial charge on any atom is 0.167 e. The van der Waals surface area contributed by atoms with Crippen LogP contribution in [0.1, 0.15) is 13.8 Å². The molecule has 1 fully saturated rings. The summed E-state index contributed by atoms with van der Waals surface area (Å²) >= 11 is 0. The fourth-order valence-electron chi connectivity index (χ4n) is 3.57. The summed E-state index contributed by atoms with van der Waals surface area (Å²) in [5, 5.41) is 10.00. The number of benzene rings is 1. The standard InChI is InChI=1S/C21H23F2N5O2/c1-12-10-28(11-13(2)30-12)21-16(22)6-7-19(25-21)24-20-9-18(26-27-20)15-5-4-14(29-3)8-17(15)23/h4-9,12-13H,10-11H2,1-3H3,(H2,24,25,26,27)/t12-,13+. The fraction of sp³-hybridized carbons (Fsp3) is 0.333. The van der Waals surface area contributed by atoms with Crippen molar-refractivity contribution in [3.8, 4) is 17.0 Å². The van der Waals surface area contributed by atoms with Gasteiger partial charge in [-0.05, 0) is 38.1 Å². The lowest BCUT2D eigenvalue weighted by Gasteiger charge is -2.36. The summed E-state index contributed by atoms with van der Waals surface area (Å²) in [6, 6.07) is 9.15. The van der Waals surface area contributed by atoms with Crippen LogP contribution in [-0.2, 0) is 4.74 Å². The number of methoxy groups -OCH3 is 1. The molecule has 3 heterocycles. The Morgan fingerprint density at radius 2 is 1.83 bits per heavy atom. The molecule has 0 aliphatic carbocycles. The van der Waals surface area contributed by atoms with E-state index in [1.54, 1.807) is 18.2 Å². The number of hydrogen-bond donors (Lipinski definition) is 2. The van der Waals surface area contributed by atoms with Crippen LogP contribution in [0.3, 0.4) is 0 Å². The maximum absolute atomic E-state index is 14.4. The number of aromatic nitrogens is 3.